The summed E-state index contributed by atoms with van der Waals surface area (Å²) in [6.45, 7) is 6.40. The second kappa shape index (κ2) is 8.84. The first-order chi connectivity index (χ1) is 12.9. The third kappa shape index (κ3) is 5.08. The Kier molecular flexibility index (Phi) is 6.93. The van der Waals surface area contributed by atoms with E-state index in [9.17, 15) is 9.90 Å². The van der Waals surface area contributed by atoms with Crippen LogP contribution in [0.25, 0.3) is 0 Å². The van der Waals surface area contributed by atoms with Gasteiger partial charge in [-0.1, -0.05) is 39.5 Å². The van der Waals surface area contributed by atoms with Crippen LogP contribution in [0.5, 0.6) is 0 Å². The first-order valence-corrected chi connectivity index (χ1v) is 11.8. The third-order valence-electron chi connectivity index (χ3n) is 8.13. The Balaban J connectivity index is 1.57. The molecule has 3 aliphatic rings. The summed E-state index contributed by atoms with van der Waals surface area (Å²) in [5.41, 5.74) is -1.15. The first kappa shape index (κ1) is 21.1. The van der Waals surface area contributed by atoms with Gasteiger partial charge in [0.1, 0.15) is 5.60 Å². The molecule has 0 aliphatic heterocycles. The van der Waals surface area contributed by atoms with Crippen LogP contribution in [0.1, 0.15) is 111 Å². The number of hydrogen-bond acceptors (Lipinski definition) is 3. The molecule has 0 saturated heterocycles. The van der Waals surface area contributed by atoms with Crippen molar-refractivity contribution in [3.63, 3.8) is 0 Å². The van der Waals surface area contributed by atoms with Gasteiger partial charge in [-0.25, -0.2) is 0 Å². The average Bonchev–Trinajstić information content (AvgIpc) is 3.34. The van der Waals surface area contributed by atoms with Crippen molar-refractivity contribution in [3.8, 4) is 0 Å². The van der Waals surface area contributed by atoms with E-state index in [4.69, 9.17) is 4.74 Å². The molecule has 0 spiro atoms. The summed E-state index contributed by atoms with van der Waals surface area (Å²) in [4.78, 5) is 12.8. The zero-order valence-corrected chi connectivity index (χ0v) is 18.0. The normalized spacial score (nSPS) is 33.3. The maximum atomic E-state index is 12.8. The zero-order valence-electron chi connectivity index (χ0n) is 18.0. The third-order valence-corrected chi connectivity index (χ3v) is 8.13. The second-order valence-corrected chi connectivity index (χ2v) is 10.3. The maximum Gasteiger partial charge on any atom is 0.309 e. The number of aliphatic hydroxyl groups is 1. The van der Waals surface area contributed by atoms with Crippen LogP contribution in [-0.2, 0) is 9.53 Å². The van der Waals surface area contributed by atoms with E-state index in [2.05, 4.69) is 13.8 Å². The van der Waals surface area contributed by atoms with E-state index in [1.54, 1.807) is 0 Å². The van der Waals surface area contributed by atoms with Crippen molar-refractivity contribution < 1.29 is 14.6 Å². The number of hydrogen-bond donors (Lipinski definition) is 1. The van der Waals surface area contributed by atoms with Crippen LogP contribution in [-0.4, -0.2) is 22.3 Å². The molecule has 0 aromatic heterocycles. The number of ether oxygens (including phenoxy) is 1. The Bertz CT molecular complexity index is 486. The van der Waals surface area contributed by atoms with Gasteiger partial charge in [-0.05, 0) is 88.4 Å². The minimum Gasteiger partial charge on any atom is -0.459 e. The van der Waals surface area contributed by atoms with Crippen molar-refractivity contribution in [1.82, 2.24) is 0 Å². The lowest BCUT2D eigenvalue weighted by Gasteiger charge is -2.36. The number of esters is 1. The average molecular weight is 379 g/mol. The van der Waals surface area contributed by atoms with Crippen molar-refractivity contribution in [1.29, 1.82) is 0 Å². The summed E-state index contributed by atoms with van der Waals surface area (Å²) in [5, 5.41) is 11.0. The lowest BCUT2D eigenvalue weighted by Crippen LogP contribution is -2.41. The van der Waals surface area contributed by atoms with E-state index >= 15 is 0 Å². The highest BCUT2D eigenvalue weighted by Crippen LogP contribution is 2.47. The molecule has 4 atom stereocenters. The highest BCUT2D eigenvalue weighted by Gasteiger charge is 2.46. The summed E-state index contributed by atoms with van der Waals surface area (Å²) < 4.78 is 6.18. The molecule has 27 heavy (non-hydrogen) atoms. The van der Waals surface area contributed by atoms with Crippen LogP contribution in [0.3, 0.4) is 0 Å². The number of rotatable bonds is 8. The Morgan fingerprint density at radius 2 is 1.67 bits per heavy atom. The van der Waals surface area contributed by atoms with E-state index in [1.807, 2.05) is 6.92 Å². The summed E-state index contributed by atoms with van der Waals surface area (Å²) in [6.07, 6.45) is 15.2. The van der Waals surface area contributed by atoms with Gasteiger partial charge in [0.15, 0.2) is 0 Å². The van der Waals surface area contributed by atoms with Crippen molar-refractivity contribution in [2.75, 3.05) is 0 Å². The van der Waals surface area contributed by atoms with Gasteiger partial charge in [0, 0.05) is 0 Å². The lowest BCUT2D eigenvalue weighted by atomic mass is 9.82. The predicted octanol–water partition coefficient (Wildman–Crippen LogP) is 6.03. The van der Waals surface area contributed by atoms with Gasteiger partial charge < -0.3 is 9.84 Å². The molecule has 156 valence electrons. The minimum absolute atomic E-state index is 0.158. The van der Waals surface area contributed by atoms with E-state index in [0.717, 1.165) is 25.2 Å². The Morgan fingerprint density at radius 1 is 1.04 bits per heavy atom. The summed E-state index contributed by atoms with van der Waals surface area (Å²) in [6, 6.07) is 0. The molecule has 3 nitrogen and oxygen atoms in total. The quantitative estimate of drug-likeness (QED) is 0.525. The SMILES string of the molecule is CCC1CC(CC)C(CC(C)(O)CC(=O)OC2(C3CCCC3)CCCC2)C1. The molecular formula is C24H42O3. The molecule has 0 heterocycles. The monoisotopic (exact) mass is 378 g/mol. The molecular weight excluding hydrogens is 336 g/mol. The van der Waals surface area contributed by atoms with E-state index in [0.29, 0.717) is 17.8 Å². The topological polar surface area (TPSA) is 46.5 Å². The van der Waals surface area contributed by atoms with Crippen LogP contribution in [0, 0.1) is 23.7 Å². The lowest BCUT2D eigenvalue weighted by molar-refractivity contribution is -0.171. The van der Waals surface area contributed by atoms with Crippen molar-refractivity contribution in [2.24, 2.45) is 23.7 Å². The van der Waals surface area contributed by atoms with Crippen molar-refractivity contribution in [3.05, 3.63) is 0 Å². The maximum absolute atomic E-state index is 12.8. The molecule has 3 saturated carbocycles. The molecule has 3 aliphatic carbocycles. The molecule has 3 fully saturated rings. The number of carbonyl (C=O) groups excluding carboxylic acids is 1. The van der Waals surface area contributed by atoms with Gasteiger partial charge in [0.25, 0.3) is 0 Å². The van der Waals surface area contributed by atoms with Crippen LogP contribution in [0.15, 0.2) is 0 Å². The van der Waals surface area contributed by atoms with Gasteiger partial charge >= 0.3 is 5.97 Å². The first-order valence-electron chi connectivity index (χ1n) is 11.8. The molecule has 3 heteroatoms. The van der Waals surface area contributed by atoms with Gasteiger partial charge in [0.2, 0.25) is 0 Å². The molecule has 4 unspecified atom stereocenters. The highest BCUT2D eigenvalue weighted by molar-refractivity contribution is 5.71. The second-order valence-electron chi connectivity index (χ2n) is 10.3. The minimum atomic E-state index is -0.937. The standard InChI is InChI=1S/C24H42O3/c1-4-18-14-19(5-2)20(15-18)16-23(3,26)17-22(25)27-24(12-8-9-13-24)21-10-6-7-11-21/h18-21,26H,4-17H2,1-3H3. The van der Waals surface area contributed by atoms with Gasteiger partial charge in [-0.2, -0.15) is 0 Å². The summed E-state index contributed by atoms with van der Waals surface area (Å²) >= 11 is 0. The Hall–Kier alpha value is -0.570. The largest absolute Gasteiger partial charge is 0.459 e. The molecule has 0 bridgehead atoms. The fraction of sp³-hybridized carbons (Fsp3) is 0.958. The van der Waals surface area contributed by atoms with E-state index < -0.39 is 5.60 Å². The van der Waals surface area contributed by atoms with Crippen LogP contribution >= 0.6 is 0 Å². The fourth-order valence-electron chi connectivity index (χ4n) is 6.65. The molecule has 3 rings (SSSR count). The Labute approximate surface area is 166 Å². The summed E-state index contributed by atoms with van der Waals surface area (Å²) in [5.74, 6) is 2.45. The molecule has 0 radical (unpaired) electrons. The van der Waals surface area contributed by atoms with Gasteiger partial charge in [-0.3, -0.25) is 4.79 Å². The predicted molar refractivity (Wildman–Crippen MR) is 109 cm³/mol. The molecule has 0 amide bonds. The van der Waals surface area contributed by atoms with Crippen molar-refractivity contribution in [2.45, 2.75) is 122 Å². The van der Waals surface area contributed by atoms with Crippen LogP contribution in [0.4, 0.5) is 0 Å². The molecule has 1 N–H and O–H groups in total. The molecule has 0 aromatic rings. The summed E-state index contributed by atoms with van der Waals surface area (Å²) in [7, 11) is 0. The van der Waals surface area contributed by atoms with Crippen LogP contribution < -0.4 is 0 Å². The van der Waals surface area contributed by atoms with E-state index in [1.165, 1.54) is 64.2 Å². The highest BCUT2D eigenvalue weighted by atomic mass is 16.6. The smallest absolute Gasteiger partial charge is 0.309 e. The number of carbonyl (C=O) groups is 1. The van der Waals surface area contributed by atoms with E-state index in [-0.39, 0.29) is 18.0 Å². The molecule has 0 aromatic carbocycles. The van der Waals surface area contributed by atoms with Gasteiger partial charge in [0.05, 0.1) is 12.0 Å². The van der Waals surface area contributed by atoms with Crippen molar-refractivity contribution >= 4 is 5.97 Å². The van der Waals surface area contributed by atoms with Gasteiger partial charge in [-0.15, -0.1) is 0 Å². The van der Waals surface area contributed by atoms with Crippen LogP contribution in [0.2, 0.25) is 0 Å². The zero-order chi connectivity index (χ0) is 19.5. The fourth-order valence-corrected chi connectivity index (χ4v) is 6.65. The Morgan fingerprint density at radius 3 is 2.26 bits per heavy atom.